The average Bonchev–Trinajstić information content (AvgIpc) is 2.84. The Morgan fingerprint density at radius 1 is 0.559 bits per heavy atom. The van der Waals surface area contributed by atoms with Gasteiger partial charge in [0.1, 0.15) is 5.75 Å². The summed E-state index contributed by atoms with van der Waals surface area (Å²) in [7, 11) is -2.63. The van der Waals surface area contributed by atoms with Crippen molar-refractivity contribution in [1.29, 1.82) is 0 Å². The van der Waals surface area contributed by atoms with Gasteiger partial charge in [-0.25, -0.2) is 4.18 Å². The second-order valence-electron chi connectivity index (χ2n) is 8.49. The van der Waals surface area contributed by atoms with Crippen LogP contribution in [-0.2, 0) is 19.9 Å². The fraction of sp³-hybridized carbons (Fsp3) is 0.172. The van der Waals surface area contributed by atoms with Crippen molar-refractivity contribution in [3.8, 4) is 5.75 Å². The summed E-state index contributed by atoms with van der Waals surface area (Å²) >= 11 is 0. The van der Waals surface area contributed by atoms with E-state index in [0.717, 1.165) is 33.4 Å². The van der Waals surface area contributed by atoms with Crippen molar-refractivity contribution >= 4 is 10.1 Å². The van der Waals surface area contributed by atoms with Crippen LogP contribution in [0.3, 0.4) is 0 Å². The van der Waals surface area contributed by atoms with Gasteiger partial charge in [-0.15, -0.1) is 0 Å². The van der Waals surface area contributed by atoms with E-state index in [1.54, 1.807) is 12.1 Å². The third-order valence-corrected chi connectivity index (χ3v) is 7.28. The topological polar surface area (TPSA) is 52.6 Å². The lowest BCUT2D eigenvalue weighted by molar-refractivity contribution is 0.164. The molecule has 0 aliphatic heterocycles. The number of methoxy groups -OCH3 is 1. The Balaban J connectivity index is 1.99. The van der Waals surface area contributed by atoms with Gasteiger partial charge in [0.2, 0.25) is 0 Å². The molecule has 0 saturated carbocycles. The van der Waals surface area contributed by atoms with E-state index in [1.165, 1.54) is 19.2 Å². The van der Waals surface area contributed by atoms with Crippen LogP contribution >= 0.6 is 0 Å². The zero-order valence-corrected chi connectivity index (χ0v) is 20.6. The summed E-state index contributed by atoms with van der Waals surface area (Å²) in [5.74, 6) is 0.570. The highest BCUT2D eigenvalue weighted by atomic mass is 32.2. The summed E-state index contributed by atoms with van der Waals surface area (Å²) in [6.45, 7) is 5.99. The van der Waals surface area contributed by atoms with Crippen LogP contribution in [0, 0.1) is 20.8 Å². The molecule has 0 spiro atoms. The predicted octanol–water partition coefficient (Wildman–Crippen LogP) is 6.32. The lowest BCUT2D eigenvalue weighted by atomic mass is 9.80. The minimum Gasteiger partial charge on any atom is -0.497 e. The van der Waals surface area contributed by atoms with Crippen LogP contribution in [0.1, 0.15) is 33.4 Å². The molecule has 0 radical (unpaired) electrons. The van der Waals surface area contributed by atoms with Gasteiger partial charge in [-0.3, -0.25) is 0 Å². The maximum Gasteiger partial charge on any atom is 0.298 e. The Morgan fingerprint density at radius 2 is 0.912 bits per heavy atom. The van der Waals surface area contributed by atoms with Gasteiger partial charge in [0.05, 0.1) is 12.0 Å². The number of hydrogen-bond acceptors (Lipinski definition) is 4. The van der Waals surface area contributed by atoms with Gasteiger partial charge >= 0.3 is 0 Å². The van der Waals surface area contributed by atoms with Crippen LogP contribution in [0.5, 0.6) is 5.75 Å². The minimum absolute atomic E-state index is 0.0593. The van der Waals surface area contributed by atoms with E-state index in [0.29, 0.717) is 5.75 Å². The molecule has 0 amide bonds. The van der Waals surface area contributed by atoms with Crippen molar-refractivity contribution in [2.45, 2.75) is 31.3 Å². The molecule has 4 nitrogen and oxygen atoms in total. The molecule has 0 bridgehead atoms. The lowest BCUT2D eigenvalue weighted by Gasteiger charge is -2.35. The quantitative estimate of drug-likeness (QED) is 0.233. The fourth-order valence-electron chi connectivity index (χ4n) is 3.96. The molecule has 4 aromatic carbocycles. The zero-order chi connectivity index (χ0) is 24.3. The molecular weight excluding hydrogens is 444 g/mol. The molecule has 0 heterocycles. The first kappa shape index (κ1) is 23.7. The monoisotopic (exact) mass is 472 g/mol. The zero-order valence-electron chi connectivity index (χ0n) is 19.8. The summed E-state index contributed by atoms with van der Waals surface area (Å²) in [6, 6.07) is 29.6. The Kier molecular flexibility index (Phi) is 6.60. The standard InChI is InChI=1S/C29H28O4S/c1-21-5-11-24(12-6-21)29(25-13-7-22(2)8-14-25,26-15-9-23(3)10-16-26)33-34(30,31)28-19-17-27(32-4)18-20-28/h5-20H,1-4H3. The summed E-state index contributed by atoms with van der Waals surface area (Å²) < 4.78 is 38.9. The van der Waals surface area contributed by atoms with Crippen molar-refractivity contribution in [2.24, 2.45) is 0 Å². The largest absolute Gasteiger partial charge is 0.497 e. The smallest absolute Gasteiger partial charge is 0.298 e. The third-order valence-electron chi connectivity index (χ3n) is 5.96. The molecule has 34 heavy (non-hydrogen) atoms. The second-order valence-corrected chi connectivity index (χ2v) is 10.0. The molecule has 5 heteroatoms. The first-order valence-electron chi connectivity index (χ1n) is 11.1. The summed E-state index contributed by atoms with van der Waals surface area (Å²) in [5, 5.41) is 0. The third kappa shape index (κ3) is 4.63. The van der Waals surface area contributed by atoms with Crippen LogP contribution in [0.4, 0.5) is 0 Å². The van der Waals surface area contributed by atoms with Gasteiger partial charge in [0.25, 0.3) is 10.1 Å². The van der Waals surface area contributed by atoms with Gasteiger partial charge in [-0.2, -0.15) is 8.42 Å². The normalized spacial score (nSPS) is 11.9. The van der Waals surface area contributed by atoms with Crippen LogP contribution in [0.15, 0.2) is 102 Å². The van der Waals surface area contributed by atoms with Gasteiger partial charge < -0.3 is 4.74 Å². The maximum absolute atomic E-state index is 13.7. The number of benzene rings is 4. The molecular formula is C29H28O4S. The molecule has 0 atom stereocenters. The summed E-state index contributed by atoms with van der Waals surface area (Å²) in [6.07, 6.45) is 0. The molecule has 4 rings (SSSR count). The van der Waals surface area contributed by atoms with Gasteiger partial charge in [-0.05, 0) is 61.7 Å². The second kappa shape index (κ2) is 9.45. The molecule has 0 unspecified atom stereocenters. The number of aryl methyl sites for hydroxylation is 3. The molecule has 0 aliphatic rings. The van der Waals surface area contributed by atoms with Gasteiger partial charge in [-0.1, -0.05) is 89.5 Å². The average molecular weight is 473 g/mol. The van der Waals surface area contributed by atoms with Crippen molar-refractivity contribution in [3.63, 3.8) is 0 Å². The van der Waals surface area contributed by atoms with E-state index in [1.807, 2.05) is 93.6 Å². The predicted molar refractivity (Wildman–Crippen MR) is 135 cm³/mol. The molecule has 0 N–H and O–H groups in total. The lowest BCUT2D eigenvalue weighted by Crippen LogP contribution is -2.35. The van der Waals surface area contributed by atoms with Crippen LogP contribution in [0.25, 0.3) is 0 Å². The van der Waals surface area contributed by atoms with Gasteiger partial charge in [0, 0.05) is 0 Å². The Morgan fingerprint density at radius 3 is 1.24 bits per heavy atom. The molecule has 4 aromatic rings. The summed E-state index contributed by atoms with van der Waals surface area (Å²) in [4.78, 5) is 0.0593. The fourth-order valence-corrected chi connectivity index (χ4v) is 5.15. The van der Waals surface area contributed by atoms with Crippen molar-refractivity contribution in [3.05, 3.63) is 130 Å². The Labute approximate surface area is 201 Å². The molecule has 174 valence electrons. The van der Waals surface area contributed by atoms with E-state index in [2.05, 4.69) is 0 Å². The van der Waals surface area contributed by atoms with E-state index >= 15 is 0 Å². The van der Waals surface area contributed by atoms with Gasteiger partial charge in [0.15, 0.2) is 5.60 Å². The first-order valence-corrected chi connectivity index (χ1v) is 12.5. The highest BCUT2D eigenvalue weighted by molar-refractivity contribution is 7.86. The Bertz CT molecular complexity index is 1240. The summed E-state index contributed by atoms with van der Waals surface area (Å²) in [5.41, 5.74) is 4.01. The van der Waals surface area contributed by atoms with Crippen LogP contribution < -0.4 is 4.74 Å². The minimum atomic E-state index is -4.17. The molecule has 0 aromatic heterocycles. The highest BCUT2D eigenvalue weighted by Gasteiger charge is 2.42. The SMILES string of the molecule is COc1ccc(S(=O)(=O)OC(c2ccc(C)cc2)(c2ccc(C)cc2)c2ccc(C)cc2)cc1. The first-order chi connectivity index (χ1) is 16.2. The maximum atomic E-state index is 13.7. The number of ether oxygens (including phenoxy) is 1. The number of rotatable bonds is 7. The molecule has 0 saturated heterocycles. The highest BCUT2D eigenvalue weighted by Crippen LogP contribution is 2.43. The Hall–Kier alpha value is -3.41. The molecule has 0 fully saturated rings. The molecule has 0 aliphatic carbocycles. The van der Waals surface area contributed by atoms with Crippen LogP contribution in [0.2, 0.25) is 0 Å². The van der Waals surface area contributed by atoms with Crippen molar-refractivity contribution in [2.75, 3.05) is 7.11 Å². The van der Waals surface area contributed by atoms with Crippen molar-refractivity contribution in [1.82, 2.24) is 0 Å². The van der Waals surface area contributed by atoms with E-state index in [-0.39, 0.29) is 4.90 Å². The van der Waals surface area contributed by atoms with E-state index in [4.69, 9.17) is 8.92 Å². The van der Waals surface area contributed by atoms with E-state index in [9.17, 15) is 8.42 Å². The van der Waals surface area contributed by atoms with Crippen LogP contribution in [-0.4, -0.2) is 15.5 Å². The number of hydrogen-bond donors (Lipinski definition) is 0. The van der Waals surface area contributed by atoms with Crippen molar-refractivity contribution < 1.29 is 17.3 Å². The van der Waals surface area contributed by atoms with E-state index < -0.39 is 15.7 Å².